The Kier molecular flexibility index (Phi) is 6.58. The van der Waals surface area contributed by atoms with Crippen LogP contribution in [0.25, 0.3) is 0 Å². The number of carbonyl (C=O) groups is 1. The second-order valence-corrected chi connectivity index (χ2v) is 7.38. The fourth-order valence-corrected chi connectivity index (χ4v) is 3.65. The molecule has 0 radical (unpaired) electrons. The molecule has 1 fully saturated rings. The molecule has 1 unspecified atom stereocenters. The average Bonchev–Trinajstić information content (AvgIpc) is 3.18. The van der Waals surface area contributed by atoms with Crippen molar-refractivity contribution in [3.63, 3.8) is 0 Å². The van der Waals surface area contributed by atoms with Crippen molar-refractivity contribution in [1.82, 2.24) is 14.9 Å². The van der Waals surface area contributed by atoms with Crippen LogP contribution >= 0.6 is 12.6 Å². The summed E-state index contributed by atoms with van der Waals surface area (Å²) in [5.74, 6) is 0.146. The SMILES string of the molecule is CC(C=O)N(Cc1cccc(CN2CCCC2)c1)c1nc(S)nc(N)c1N=O. The molecule has 1 aromatic heterocycles. The van der Waals surface area contributed by atoms with Gasteiger partial charge in [0, 0.05) is 13.1 Å². The third kappa shape index (κ3) is 4.66. The highest BCUT2D eigenvalue weighted by Crippen LogP contribution is 2.34. The maximum absolute atomic E-state index is 11.5. The molecule has 0 amide bonds. The Balaban J connectivity index is 1.90. The fraction of sp³-hybridized carbons (Fsp3) is 0.421. The average molecular weight is 401 g/mol. The highest BCUT2D eigenvalue weighted by atomic mass is 32.1. The Morgan fingerprint density at radius 1 is 1.32 bits per heavy atom. The van der Waals surface area contributed by atoms with E-state index in [-0.39, 0.29) is 22.5 Å². The predicted octanol–water partition coefficient (Wildman–Crippen LogP) is 2.94. The molecule has 0 bridgehead atoms. The first-order valence-corrected chi connectivity index (χ1v) is 9.68. The van der Waals surface area contributed by atoms with Crippen LogP contribution in [0.4, 0.5) is 17.3 Å². The number of hydrogen-bond donors (Lipinski definition) is 2. The standard InChI is InChI=1S/C19H24N6O2S/c1-13(12-26)25(18-16(23-27)17(20)21-19(28)22-18)11-15-6-4-5-14(9-15)10-24-7-2-3-8-24/h4-6,9,12-13H,2-3,7-8,10-11H2,1H3,(H3,20,21,22,28). The van der Waals surface area contributed by atoms with Gasteiger partial charge in [0.1, 0.15) is 6.29 Å². The first-order valence-electron chi connectivity index (χ1n) is 9.23. The number of nitrogen functional groups attached to an aromatic ring is 1. The van der Waals surface area contributed by atoms with Crippen LogP contribution in [-0.2, 0) is 17.9 Å². The first-order chi connectivity index (χ1) is 13.5. The van der Waals surface area contributed by atoms with Crippen LogP contribution in [0.15, 0.2) is 34.6 Å². The predicted molar refractivity (Wildman–Crippen MR) is 112 cm³/mol. The van der Waals surface area contributed by atoms with Crippen LogP contribution in [0.1, 0.15) is 30.9 Å². The number of aromatic nitrogens is 2. The molecular weight excluding hydrogens is 376 g/mol. The minimum absolute atomic E-state index is 0.0594. The summed E-state index contributed by atoms with van der Waals surface area (Å²) >= 11 is 4.14. The second kappa shape index (κ2) is 9.11. The summed E-state index contributed by atoms with van der Waals surface area (Å²) in [6.07, 6.45) is 3.28. The Hall–Kier alpha value is -2.52. The van der Waals surface area contributed by atoms with Gasteiger partial charge in [-0.05, 0) is 49.2 Å². The maximum Gasteiger partial charge on any atom is 0.192 e. The van der Waals surface area contributed by atoms with Gasteiger partial charge in [-0.3, -0.25) is 4.90 Å². The Bertz CT molecular complexity index is 856. The second-order valence-electron chi connectivity index (χ2n) is 6.98. The van der Waals surface area contributed by atoms with Crippen LogP contribution in [0.5, 0.6) is 0 Å². The first kappa shape index (κ1) is 20.2. The molecule has 2 heterocycles. The summed E-state index contributed by atoms with van der Waals surface area (Å²) in [5.41, 5.74) is 7.94. The van der Waals surface area contributed by atoms with Gasteiger partial charge in [0.05, 0.1) is 6.04 Å². The highest BCUT2D eigenvalue weighted by molar-refractivity contribution is 7.80. The number of rotatable bonds is 8. The van der Waals surface area contributed by atoms with Crippen molar-refractivity contribution in [2.45, 2.75) is 44.1 Å². The van der Waals surface area contributed by atoms with Gasteiger partial charge in [0.15, 0.2) is 22.5 Å². The molecule has 1 aromatic carbocycles. The van der Waals surface area contributed by atoms with E-state index in [2.05, 4.69) is 44.8 Å². The molecule has 3 rings (SSSR count). The van der Waals surface area contributed by atoms with Gasteiger partial charge < -0.3 is 15.4 Å². The Morgan fingerprint density at radius 2 is 2.04 bits per heavy atom. The van der Waals surface area contributed by atoms with Crippen molar-refractivity contribution >= 4 is 36.2 Å². The molecule has 2 N–H and O–H groups in total. The largest absolute Gasteiger partial charge is 0.382 e. The van der Waals surface area contributed by atoms with Gasteiger partial charge in [-0.1, -0.05) is 24.3 Å². The summed E-state index contributed by atoms with van der Waals surface area (Å²) in [6.45, 7) is 5.25. The van der Waals surface area contributed by atoms with E-state index in [1.54, 1.807) is 11.8 Å². The maximum atomic E-state index is 11.5. The normalized spacial score (nSPS) is 15.4. The molecule has 8 nitrogen and oxygen atoms in total. The van der Waals surface area contributed by atoms with Crippen LogP contribution in [0.3, 0.4) is 0 Å². The fourth-order valence-electron chi connectivity index (χ4n) is 3.44. The number of aldehydes is 1. The molecule has 1 aliphatic rings. The summed E-state index contributed by atoms with van der Waals surface area (Å²) in [5, 5.41) is 3.09. The van der Waals surface area contributed by atoms with Crippen LogP contribution in [0, 0.1) is 4.91 Å². The number of nitrogens with zero attached hydrogens (tertiary/aromatic N) is 5. The smallest absolute Gasteiger partial charge is 0.192 e. The van der Waals surface area contributed by atoms with E-state index >= 15 is 0 Å². The van der Waals surface area contributed by atoms with E-state index in [1.165, 1.54) is 18.4 Å². The number of likely N-dealkylation sites (tertiary alicyclic amines) is 1. The van der Waals surface area contributed by atoms with Crippen LogP contribution in [0.2, 0.25) is 0 Å². The summed E-state index contributed by atoms with van der Waals surface area (Å²) in [6, 6.07) is 7.66. The van der Waals surface area contributed by atoms with Crippen molar-refractivity contribution in [1.29, 1.82) is 0 Å². The van der Waals surface area contributed by atoms with Gasteiger partial charge in [0.25, 0.3) is 0 Å². The highest BCUT2D eigenvalue weighted by Gasteiger charge is 2.23. The van der Waals surface area contributed by atoms with Crippen molar-refractivity contribution < 1.29 is 4.79 Å². The quantitative estimate of drug-likeness (QED) is 0.304. The number of carbonyl (C=O) groups excluding carboxylic acids is 1. The Labute approximate surface area is 169 Å². The lowest BCUT2D eigenvalue weighted by Gasteiger charge is -2.28. The molecule has 0 aliphatic carbocycles. The number of nitrogens with two attached hydrogens (primary N) is 1. The lowest BCUT2D eigenvalue weighted by molar-refractivity contribution is -0.108. The lowest BCUT2D eigenvalue weighted by Crippen LogP contribution is -2.34. The summed E-state index contributed by atoms with van der Waals surface area (Å²) in [7, 11) is 0. The monoisotopic (exact) mass is 400 g/mol. The summed E-state index contributed by atoms with van der Waals surface area (Å²) < 4.78 is 0. The Morgan fingerprint density at radius 3 is 2.71 bits per heavy atom. The van der Waals surface area contributed by atoms with Gasteiger partial charge in [0.2, 0.25) is 0 Å². The van der Waals surface area contributed by atoms with Gasteiger partial charge in [-0.15, -0.1) is 17.5 Å². The number of hydrogen-bond acceptors (Lipinski definition) is 9. The van der Waals surface area contributed by atoms with E-state index in [9.17, 15) is 9.70 Å². The molecule has 0 saturated carbocycles. The molecule has 0 spiro atoms. The molecule has 148 valence electrons. The van der Waals surface area contributed by atoms with Gasteiger partial charge >= 0.3 is 0 Å². The number of nitroso groups, excluding NO2 is 1. The molecule has 1 atom stereocenters. The van der Waals surface area contributed by atoms with E-state index in [1.807, 2.05) is 12.1 Å². The molecule has 2 aromatic rings. The van der Waals surface area contributed by atoms with E-state index in [0.717, 1.165) is 31.5 Å². The minimum Gasteiger partial charge on any atom is -0.382 e. The number of anilines is 2. The molecule has 9 heteroatoms. The van der Waals surface area contributed by atoms with Crippen molar-refractivity contribution in [2.24, 2.45) is 5.18 Å². The van der Waals surface area contributed by atoms with E-state index in [0.29, 0.717) is 6.54 Å². The zero-order valence-corrected chi connectivity index (χ0v) is 16.7. The zero-order chi connectivity index (χ0) is 20.1. The van der Waals surface area contributed by atoms with Crippen LogP contribution < -0.4 is 10.6 Å². The van der Waals surface area contributed by atoms with Gasteiger partial charge in [-0.25, -0.2) is 9.97 Å². The topological polar surface area (TPSA) is 105 Å². The van der Waals surface area contributed by atoms with Crippen molar-refractivity contribution in [3.05, 3.63) is 40.3 Å². The molecule has 1 saturated heterocycles. The third-order valence-electron chi connectivity index (χ3n) is 4.88. The van der Waals surface area contributed by atoms with Crippen molar-refractivity contribution in [3.8, 4) is 0 Å². The summed E-state index contributed by atoms with van der Waals surface area (Å²) in [4.78, 5) is 35.0. The van der Waals surface area contributed by atoms with E-state index in [4.69, 9.17) is 5.73 Å². The van der Waals surface area contributed by atoms with Gasteiger partial charge in [-0.2, -0.15) is 0 Å². The number of benzene rings is 1. The third-order valence-corrected chi connectivity index (χ3v) is 5.08. The number of thiol groups is 1. The minimum atomic E-state index is -0.537. The lowest BCUT2D eigenvalue weighted by atomic mass is 10.1. The van der Waals surface area contributed by atoms with Crippen LogP contribution in [-0.4, -0.2) is 40.3 Å². The molecular formula is C19H24N6O2S. The zero-order valence-electron chi connectivity index (χ0n) is 15.8. The van der Waals surface area contributed by atoms with E-state index < -0.39 is 6.04 Å². The molecule has 28 heavy (non-hydrogen) atoms. The van der Waals surface area contributed by atoms with Crippen molar-refractivity contribution in [2.75, 3.05) is 23.7 Å². The molecule has 1 aliphatic heterocycles.